The van der Waals surface area contributed by atoms with Gasteiger partial charge in [-0.3, -0.25) is 15.0 Å². The van der Waals surface area contributed by atoms with Crippen molar-refractivity contribution < 1.29 is 9.66 Å². The average Bonchev–Trinajstić information content (AvgIpc) is 3.15. The van der Waals surface area contributed by atoms with E-state index in [0.29, 0.717) is 22.7 Å². The Hall–Kier alpha value is -3.54. The molecule has 0 saturated heterocycles. The quantitative estimate of drug-likeness (QED) is 0.281. The van der Waals surface area contributed by atoms with Crippen LogP contribution in [0.25, 0.3) is 0 Å². The molecule has 8 heteroatoms. The zero-order chi connectivity index (χ0) is 22.5. The Bertz CT molecular complexity index is 1200. The van der Waals surface area contributed by atoms with Crippen LogP contribution in [0.5, 0.6) is 5.75 Å². The number of ether oxygens (including phenoxy) is 1. The van der Waals surface area contributed by atoms with Gasteiger partial charge < -0.3 is 4.74 Å². The molecule has 32 heavy (non-hydrogen) atoms. The molecular weight excluding hydrogens is 424 g/mol. The van der Waals surface area contributed by atoms with Crippen LogP contribution >= 0.6 is 11.3 Å². The van der Waals surface area contributed by atoms with Crippen LogP contribution in [0.4, 0.5) is 10.7 Å². The summed E-state index contributed by atoms with van der Waals surface area (Å²) in [5.74, 6) is 0.234. The summed E-state index contributed by atoms with van der Waals surface area (Å²) in [6.07, 6.45) is 2.38. The predicted molar refractivity (Wildman–Crippen MR) is 125 cm³/mol. The molecule has 0 radical (unpaired) electrons. The Morgan fingerprint density at radius 3 is 2.84 bits per heavy atom. The maximum Gasteiger partial charge on any atom is 0.311 e. The number of hydrogen-bond acceptors (Lipinski definition) is 7. The lowest BCUT2D eigenvalue weighted by molar-refractivity contribution is -0.385. The third-order valence-electron chi connectivity index (χ3n) is 5.29. The SMILES string of the molecule is CCOc1ccc(C=Nc2sc3c(c2C#N)CCN(Cc2ccccc2)C3)cc1[N+](=O)[O-]. The molecule has 0 spiro atoms. The van der Waals surface area contributed by atoms with Crippen LogP contribution < -0.4 is 4.74 Å². The molecule has 1 aromatic heterocycles. The average molecular weight is 447 g/mol. The van der Waals surface area contributed by atoms with Crippen LogP contribution in [0.15, 0.2) is 53.5 Å². The molecule has 0 unspecified atom stereocenters. The highest BCUT2D eigenvalue weighted by Crippen LogP contribution is 2.39. The highest BCUT2D eigenvalue weighted by molar-refractivity contribution is 7.16. The second kappa shape index (κ2) is 9.73. The van der Waals surface area contributed by atoms with Gasteiger partial charge in [0.2, 0.25) is 0 Å². The van der Waals surface area contributed by atoms with Crippen LogP contribution in [0.1, 0.15) is 34.1 Å². The fourth-order valence-corrected chi connectivity index (χ4v) is 4.98. The number of rotatable bonds is 7. The molecule has 0 amide bonds. The molecule has 0 saturated carbocycles. The van der Waals surface area contributed by atoms with Crippen molar-refractivity contribution in [2.45, 2.75) is 26.4 Å². The van der Waals surface area contributed by atoms with Crippen molar-refractivity contribution in [2.24, 2.45) is 4.99 Å². The van der Waals surface area contributed by atoms with E-state index in [4.69, 9.17) is 4.74 Å². The molecule has 2 heterocycles. The normalized spacial score (nSPS) is 13.6. The first-order valence-electron chi connectivity index (χ1n) is 10.3. The van der Waals surface area contributed by atoms with E-state index in [9.17, 15) is 15.4 Å². The molecule has 2 aromatic carbocycles. The van der Waals surface area contributed by atoms with E-state index in [2.05, 4.69) is 28.1 Å². The lowest BCUT2D eigenvalue weighted by Crippen LogP contribution is -2.29. The van der Waals surface area contributed by atoms with Gasteiger partial charge in [0.25, 0.3) is 0 Å². The summed E-state index contributed by atoms with van der Waals surface area (Å²) in [6, 6.07) is 17.4. The number of nitrogens with zero attached hydrogens (tertiary/aromatic N) is 4. The maximum absolute atomic E-state index is 11.4. The monoisotopic (exact) mass is 446 g/mol. The second-order valence-electron chi connectivity index (χ2n) is 7.42. The van der Waals surface area contributed by atoms with Crippen molar-refractivity contribution in [3.05, 3.63) is 85.8 Å². The highest BCUT2D eigenvalue weighted by atomic mass is 32.1. The van der Waals surface area contributed by atoms with Gasteiger partial charge in [0.15, 0.2) is 5.75 Å². The molecule has 3 aromatic rings. The van der Waals surface area contributed by atoms with Gasteiger partial charge >= 0.3 is 5.69 Å². The first-order chi connectivity index (χ1) is 15.6. The van der Waals surface area contributed by atoms with E-state index in [1.54, 1.807) is 25.3 Å². The van der Waals surface area contributed by atoms with E-state index in [-0.39, 0.29) is 11.4 Å². The molecule has 162 valence electrons. The molecular formula is C24H22N4O3S. The summed E-state index contributed by atoms with van der Waals surface area (Å²) in [7, 11) is 0. The van der Waals surface area contributed by atoms with E-state index in [1.165, 1.54) is 23.0 Å². The van der Waals surface area contributed by atoms with Crippen LogP contribution in [0.3, 0.4) is 0 Å². The Balaban J connectivity index is 1.56. The minimum atomic E-state index is -0.464. The summed E-state index contributed by atoms with van der Waals surface area (Å²) in [6.45, 7) is 4.67. The van der Waals surface area contributed by atoms with Crippen molar-refractivity contribution >= 4 is 28.2 Å². The van der Waals surface area contributed by atoms with Crippen LogP contribution in [0, 0.1) is 21.4 Å². The van der Waals surface area contributed by atoms with Crippen LogP contribution in [-0.4, -0.2) is 29.2 Å². The Labute approximate surface area is 190 Å². The summed E-state index contributed by atoms with van der Waals surface area (Å²) in [4.78, 5) is 19.0. The number of fused-ring (bicyclic) bond motifs is 1. The summed E-state index contributed by atoms with van der Waals surface area (Å²) < 4.78 is 5.33. The second-order valence-corrected chi connectivity index (χ2v) is 8.50. The van der Waals surface area contributed by atoms with Gasteiger partial charge in [-0.1, -0.05) is 30.3 Å². The number of aliphatic imine (C=N–C) groups is 1. The fourth-order valence-electron chi connectivity index (χ4n) is 3.79. The molecule has 0 aliphatic carbocycles. The minimum absolute atomic E-state index is 0.0988. The third kappa shape index (κ3) is 4.69. The van der Waals surface area contributed by atoms with E-state index >= 15 is 0 Å². The first-order valence-corrected chi connectivity index (χ1v) is 11.2. The summed E-state index contributed by atoms with van der Waals surface area (Å²) in [5, 5.41) is 21.7. The highest BCUT2D eigenvalue weighted by Gasteiger charge is 2.24. The van der Waals surface area contributed by atoms with Gasteiger partial charge in [-0.15, -0.1) is 11.3 Å². The van der Waals surface area contributed by atoms with Gasteiger partial charge in [-0.2, -0.15) is 5.26 Å². The number of nitro groups is 1. The lowest BCUT2D eigenvalue weighted by Gasteiger charge is -2.26. The number of nitro benzene ring substituents is 1. The van der Waals surface area contributed by atoms with Gasteiger partial charge in [-0.25, -0.2) is 4.99 Å². The number of thiophene rings is 1. The van der Waals surface area contributed by atoms with Crippen LogP contribution in [-0.2, 0) is 19.5 Å². The zero-order valence-electron chi connectivity index (χ0n) is 17.7. The van der Waals surface area contributed by atoms with Gasteiger partial charge in [0.05, 0.1) is 17.1 Å². The van der Waals surface area contributed by atoms with Gasteiger partial charge in [0, 0.05) is 36.8 Å². The molecule has 0 N–H and O–H groups in total. The lowest BCUT2D eigenvalue weighted by atomic mass is 10.0. The smallest absolute Gasteiger partial charge is 0.311 e. The largest absolute Gasteiger partial charge is 0.487 e. The van der Waals surface area contributed by atoms with E-state index in [1.807, 2.05) is 18.2 Å². The van der Waals surface area contributed by atoms with Crippen LogP contribution in [0.2, 0.25) is 0 Å². The van der Waals surface area contributed by atoms with Gasteiger partial charge in [-0.05, 0) is 42.2 Å². The summed E-state index contributed by atoms with van der Waals surface area (Å²) in [5.41, 5.74) is 3.44. The molecule has 0 fully saturated rings. The topological polar surface area (TPSA) is 91.8 Å². The van der Waals surface area contributed by atoms with Crippen molar-refractivity contribution in [1.29, 1.82) is 5.26 Å². The molecule has 1 aliphatic heterocycles. The fraction of sp³-hybridized carbons (Fsp3) is 0.250. The Morgan fingerprint density at radius 2 is 2.12 bits per heavy atom. The number of hydrogen-bond donors (Lipinski definition) is 0. The van der Waals surface area contributed by atoms with Crippen molar-refractivity contribution in [3.63, 3.8) is 0 Å². The Kier molecular flexibility index (Phi) is 6.59. The minimum Gasteiger partial charge on any atom is -0.487 e. The standard InChI is InChI=1S/C24H22N4O3S/c1-2-31-22-9-8-18(12-21(22)28(29)30)14-26-24-20(13-25)19-10-11-27(16-23(19)32-24)15-17-6-4-3-5-7-17/h3-9,12,14H,2,10-11,15-16H2,1H3. The molecule has 7 nitrogen and oxygen atoms in total. The third-order valence-corrected chi connectivity index (χ3v) is 6.41. The predicted octanol–water partition coefficient (Wildman–Crippen LogP) is 5.24. The maximum atomic E-state index is 11.4. The Morgan fingerprint density at radius 1 is 1.31 bits per heavy atom. The molecule has 0 bridgehead atoms. The molecule has 4 rings (SSSR count). The van der Waals surface area contributed by atoms with E-state index in [0.717, 1.165) is 36.5 Å². The molecule has 1 aliphatic rings. The first kappa shape index (κ1) is 21.7. The summed E-state index contributed by atoms with van der Waals surface area (Å²) >= 11 is 1.52. The number of benzene rings is 2. The van der Waals surface area contributed by atoms with Crippen molar-refractivity contribution in [2.75, 3.05) is 13.2 Å². The van der Waals surface area contributed by atoms with Gasteiger partial charge in [0.1, 0.15) is 11.1 Å². The zero-order valence-corrected chi connectivity index (χ0v) is 18.5. The van der Waals surface area contributed by atoms with E-state index < -0.39 is 4.92 Å². The van der Waals surface area contributed by atoms with Crippen molar-refractivity contribution in [1.82, 2.24) is 4.90 Å². The number of nitriles is 1. The van der Waals surface area contributed by atoms with Crippen molar-refractivity contribution in [3.8, 4) is 11.8 Å². The molecule has 0 atom stereocenters.